The van der Waals surface area contributed by atoms with E-state index in [1.54, 1.807) is 11.8 Å². The van der Waals surface area contributed by atoms with Crippen molar-refractivity contribution in [2.24, 2.45) is 0 Å². The zero-order valence-corrected chi connectivity index (χ0v) is 12.4. The van der Waals surface area contributed by atoms with Crippen molar-refractivity contribution in [3.8, 4) is 0 Å². The molecule has 1 aromatic heterocycles. The summed E-state index contributed by atoms with van der Waals surface area (Å²) in [4.78, 5) is 17.9. The lowest BCUT2D eigenvalue weighted by Gasteiger charge is -2.14. The minimum atomic E-state index is -0.235. The van der Waals surface area contributed by atoms with Gasteiger partial charge in [-0.1, -0.05) is 24.3 Å². The first-order valence-electron chi connectivity index (χ1n) is 6.18. The van der Waals surface area contributed by atoms with E-state index in [1.807, 2.05) is 42.7 Å². The summed E-state index contributed by atoms with van der Waals surface area (Å²) in [7, 11) is 0. The number of rotatable bonds is 3. The third-order valence-corrected chi connectivity index (χ3v) is 4.54. The van der Waals surface area contributed by atoms with E-state index in [-0.39, 0.29) is 11.1 Å². The number of hydrogen-bond acceptors (Lipinski definition) is 2. The molecule has 0 spiro atoms. The summed E-state index contributed by atoms with van der Waals surface area (Å²) in [5.74, 6) is 0. The average molecular weight is 305 g/mol. The minimum Gasteiger partial charge on any atom is -0.306 e. The van der Waals surface area contributed by atoms with E-state index in [0.717, 1.165) is 27.1 Å². The maximum absolute atomic E-state index is 11.3. The van der Waals surface area contributed by atoms with Crippen molar-refractivity contribution in [3.63, 3.8) is 0 Å². The summed E-state index contributed by atoms with van der Waals surface area (Å²) >= 11 is 8.28. The maximum Gasteiger partial charge on any atom is 0.323 e. The lowest BCUT2D eigenvalue weighted by molar-refractivity contribution is 1.09. The molecule has 0 aliphatic rings. The molecule has 1 unspecified atom stereocenters. The zero-order chi connectivity index (χ0) is 14.1. The van der Waals surface area contributed by atoms with Gasteiger partial charge in [0.1, 0.15) is 0 Å². The van der Waals surface area contributed by atoms with Gasteiger partial charge in [0, 0.05) is 4.90 Å². The van der Waals surface area contributed by atoms with E-state index in [0.29, 0.717) is 0 Å². The number of benzene rings is 2. The predicted octanol–water partition coefficient (Wildman–Crippen LogP) is 3.91. The number of nitrogens with one attached hydrogen (secondary N) is 2. The van der Waals surface area contributed by atoms with Crippen molar-refractivity contribution in [2.45, 2.75) is 10.3 Å². The molecular formula is C15H13ClN2OS. The molecule has 1 atom stereocenters. The Hall–Kier alpha value is -1.65. The molecular weight excluding hydrogens is 292 g/mol. The van der Waals surface area contributed by atoms with Crippen molar-refractivity contribution >= 4 is 34.4 Å². The van der Waals surface area contributed by atoms with Gasteiger partial charge in [-0.3, -0.25) is 0 Å². The van der Waals surface area contributed by atoms with Crippen molar-refractivity contribution in [1.82, 2.24) is 9.97 Å². The Morgan fingerprint density at radius 1 is 1.10 bits per heavy atom. The van der Waals surface area contributed by atoms with Crippen LogP contribution in [-0.4, -0.2) is 16.2 Å². The number of imidazole rings is 1. The molecule has 3 aromatic rings. The normalized spacial score (nSPS) is 12.7. The van der Waals surface area contributed by atoms with Crippen LogP contribution in [0.5, 0.6) is 0 Å². The van der Waals surface area contributed by atoms with Gasteiger partial charge < -0.3 is 9.97 Å². The molecule has 1 heterocycles. The fourth-order valence-corrected chi connectivity index (χ4v) is 3.29. The minimum absolute atomic E-state index is 0.201. The van der Waals surface area contributed by atoms with Gasteiger partial charge in [-0.25, -0.2) is 4.79 Å². The van der Waals surface area contributed by atoms with E-state index in [4.69, 9.17) is 11.6 Å². The largest absolute Gasteiger partial charge is 0.323 e. The van der Waals surface area contributed by atoms with Gasteiger partial charge in [0.25, 0.3) is 0 Å². The highest BCUT2D eigenvalue weighted by Gasteiger charge is 2.15. The zero-order valence-electron chi connectivity index (χ0n) is 10.8. The van der Waals surface area contributed by atoms with E-state index < -0.39 is 0 Å². The van der Waals surface area contributed by atoms with E-state index >= 15 is 0 Å². The first-order valence-corrected chi connectivity index (χ1v) is 7.84. The Bertz CT molecular complexity index is 809. The third kappa shape index (κ3) is 2.37. The molecule has 5 heteroatoms. The average Bonchev–Trinajstić information content (AvgIpc) is 2.85. The lowest BCUT2D eigenvalue weighted by atomic mass is 10.0. The highest BCUT2D eigenvalue weighted by Crippen LogP contribution is 2.35. The number of thioether (sulfide) groups is 1. The van der Waals surface area contributed by atoms with Gasteiger partial charge in [-0.05, 0) is 35.6 Å². The molecule has 3 nitrogen and oxygen atoms in total. The van der Waals surface area contributed by atoms with Crippen LogP contribution < -0.4 is 5.69 Å². The van der Waals surface area contributed by atoms with Crippen LogP contribution in [-0.2, 0) is 0 Å². The third-order valence-electron chi connectivity index (χ3n) is 3.24. The Kier molecular flexibility index (Phi) is 3.59. The fourth-order valence-electron chi connectivity index (χ4n) is 2.26. The summed E-state index contributed by atoms with van der Waals surface area (Å²) in [6.07, 6.45) is 2.04. The molecule has 0 fully saturated rings. The van der Waals surface area contributed by atoms with Gasteiger partial charge in [-0.15, -0.1) is 23.4 Å². The Morgan fingerprint density at radius 2 is 1.85 bits per heavy atom. The van der Waals surface area contributed by atoms with Crippen LogP contribution in [0.25, 0.3) is 11.0 Å². The summed E-state index contributed by atoms with van der Waals surface area (Å²) in [6.45, 7) is 0. The molecule has 2 N–H and O–H groups in total. The second-order valence-corrected chi connectivity index (χ2v) is 5.77. The van der Waals surface area contributed by atoms with Gasteiger partial charge in [0.05, 0.1) is 16.4 Å². The van der Waals surface area contributed by atoms with Gasteiger partial charge in [0.2, 0.25) is 0 Å². The number of halogens is 1. The summed E-state index contributed by atoms with van der Waals surface area (Å²) in [5.41, 5.74) is 3.42. The highest BCUT2D eigenvalue weighted by atomic mass is 35.5. The van der Waals surface area contributed by atoms with Crippen LogP contribution in [0.3, 0.4) is 0 Å². The van der Waals surface area contributed by atoms with Crippen molar-refractivity contribution in [3.05, 3.63) is 64.1 Å². The number of alkyl halides is 1. The Balaban J connectivity index is 2.07. The maximum atomic E-state index is 11.3. The molecule has 0 amide bonds. The number of fused-ring (bicyclic) bond motifs is 1. The second kappa shape index (κ2) is 5.38. The first-order chi connectivity index (χ1) is 9.69. The Morgan fingerprint density at radius 3 is 2.65 bits per heavy atom. The van der Waals surface area contributed by atoms with Crippen LogP contribution in [0.1, 0.15) is 16.5 Å². The summed E-state index contributed by atoms with van der Waals surface area (Å²) in [5, 5.41) is -0.235. The van der Waals surface area contributed by atoms with Gasteiger partial charge in [0.15, 0.2) is 0 Å². The van der Waals surface area contributed by atoms with E-state index in [2.05, 4.69) is 16.0 Å². The standard InChI is InChI=1S/C15H13ClN2OS/c1-20-13-5-3-2-4-10(13)14(16)9-6-7-11-12(8-9)18-15(19)17-11/h2-8,14H,1H3,(H2,17,18,19). The van der Waals surface area contributed by atoms with E-state index in [9.17, 15) is 4.79 Å². The Labute approximate surface area is 125 Å². The van der Waals surface area contributed by atoms with Crippen LogP contribution in [0.4, 0.5) is 0 Å². The molecule has 0 radical (unpaired) electrons. The molecule has 0 aliphatic carbocycles. The number of aromatic amines is 2. The fraction of sp³-hybridized carbons (Fsp3) is 0.133. The molecule has 102 valence electrons. The molecule has 0 saturated carbocycles. The second-order valence-electron chi connectivity index (χ2n) is 4.49. The predicted molar refractivity (Wildman–Crippen MR) is 84.8 cm³/mol. The SMILES string of the molecule is CSc1ccccc1C(Cl)c1ccc2[nH]c(=O)[nH]c2c1. The smallest absolute Gasteiger partial charge is 0.306 e. The van der Waals surface area contributed by atoms with E-state index in [1.165, 1.54) is 0 Å². The molecule has 0 bridgehead atoms. The quantitative estimate of drug-likeness (QED) is 0.569. The number of H-pyrrole nitrogens is 2. The molecule has 2 aromatic carbocycles. The molecule has 0 aliphatic heterocycles. The lowest BCUT2D eigenvalue weighted by Crippen LogP contribution is -1.99. The van der Waals surface area contributed by atoms with Crippen molar-refractivity contribution in [1.29, 1.82) is 0 Å². The van der Waals surface area contributed by atoms with Gasteiger partial charge >= 0.3 is 5.69 Å². The summed E-state index contributed by atoms with van der Waals surface area (Å²) < 4.78 is 0. The topological polar surface area (TPSA) is 48.6 Å². The molecule has 0 saturated heterocycles. The van der Waals surface area contributed by atoms with Gasteiger partial charge in [-0.2, -0.15) is 0 Å². The number of hydrogen-bond donors (Lipinski definition) is 2. The highest BCUT2D eigenvalue weighted by molar-refractivity contribution is 7.98. The van der Waals surface area contributed by atoms with Crippen LogP contribution in [0.2, 0.25) is 0 Å². The monoisotopic (exact) mass is 304 g/mol. The summed E-state index contributed by atoms with van der Waals surface area (Å²) in [6, 6.07) is 13.8. The van der Waals surface area contributed by atoms with Crippen LogP contribution in [0, 0.1) is 0 Å². The van der Waals surface area contributed by atoms with Crippen molar-refractivity contribution < 1.29 is 0 Å². The van der Waals surface area contributed by atoms with Crippen LogP contribution >= 0.6 is 23.4 Å². The molecule has 3 rings (SSSR count). The number of aromatic nitrogens is 2. The first kappa shape index (κ1) is 13.3. The van der Waals surface area contributed by atoms with Crippen LogP contribution in [0.15, 0.2) is 52.2 Å². The van der Waals surface area contributed by atoms with Crippen molar-refractivity contribution in [2.75, 3.05) is 6.26 Å². The molecule has 20 heavy (non-hydrogen) atoms.